The van der Waals surface area contributed by atoms with Gasteiger partial charge in [0.05, 0.1) is 0 Å². The predicted molar refractivity (Wildman–Crippen MR) is 65.3 cm³/mol. The molecular weight excluding hydrogens is 216 g/mol. The summed E-state index contributed by atoms with van der Waals surface area (Å²) in [6, 6.07) is 0.282. The summed E-state index contributed by atoms with van der Waals surface area (Å²) in [5.74, 6) is 0.634. The van der Waals surface area contributed by atoms with Gasteiger partial charge in [0.15, 0.2) is 0 Å². The molecule has 1 heterocycles. The van der Waals surface area contributed by atoms with Gasteiger partial charge in [0.25, 0.3) is 0 Å². The maximum Gasteiger partial charge on any atom is 0.229 e. The number of hydrogen-bond donors (Lipinski definition) is 1. The van der Waals surface area contributed by atoms with Crippen molar-refractivity contribution in [3.8, 4) is 0 Å². The molecule has 1 saturated carbocycles. The van der Waals surface area contributed by atoms with E-state index in [1.54, 1.807) is 0 Å². The second kappa shape index (κ2) is 4.41. The average molecular weight is 238 g/mol. The van der Waals surface area contributed by atoms with Crippen molar-refractivity contribution < 1.29 is 9.59 Å². The molecule has 2 rings (SSSR count). The molecule has 96 valence electrons. The van der Waals surface area contributed by atoms with Gasteiger partial charge in [-0.25, -0.2) is 0 Å². The van der Waals surface area contributed by atoms with Crippen LogP contribution in [0.3, 0.4) is 0 Å². The van der Waals surface area contributed by atoms with Crippen LogP contribution in [0.25, 0.3) is 0 Å². The molecule has 1 atom stereocenters. The highest BCUT2D eigenvalue weighted by Gasteiger charge is 2.40. The molecule has 1 aliphatic heterocycles. The van der Waals surface area contributed by atoms with Gasteiger partial charge in [-0.05, 0) is 31.2 Å². The van der Waals surface area contributed by atoms with Gasteiger partial charge in [-0.3, -0.25) is 14.5 Å². The van der Waals surface area contributed by atoms with Crippen LogP contribution in [0.1, 0.15) is 39.5 Å². The standard InChI is InChI=1S/C13H22N2O2/c1-13(2)6-11(16)15(12(17)7-13)8-10(14-3)9-4-5-9/h9-10,14H,4-8H2,1-3H3. The van der Waals surface area contributed by atoms with E-state index < -0.39 is 0 Å². The number of imide groups is 1. The van der Waals surface area contributed by atoms with Gasteiger partial charge in [0, 0.05) is 25.4 Å². The summed E-state index contributed by atoms with van der Waals surface area (Å²) in [7, 11) is 1.91. The highest BCUT2D eigenvalue weighted by molar-refractivity contribution is 5.98. The molecule has 4 nitrogen and oxygen atoms in total. The summed E-state index contributed by atoms with van der Waals surface area (Å²) in [5.41, 5.74) is -0.167. The molecular formula is C13H22N2O2. The monoisotopic (exact) mass is 238 g/mol. The molecule has 0 aromatic rings. The van der Waals surface area contributed by atoms with Gasteiger partial charge < -0.3 is 5.32 Å². The van der Waals surface area contributed by atoms with E-state index in [0.717, 1.165) is 0 Å². The van der Waals surface area contributed by atoms with Gasteiger partial charge in [0.2, 0.25) is 11.8 Å². The number of amides is 2. The van der Waals surface area contributed by atoms with E-state index in [1.807, 2.05) is 20.9 Å². The van der Waals surface area contributed by atoms with Crippen LogP contribution in [-0.2, 0) is 9.59 Å². The minimum Gasteiger partial charge on any atom is -0.315 e. The lowest BCUT2D eigenvalue weighted by molar-refractivity contribution is -0.152. The van der Waals surface area contributed by atoms with Crippen molar-refractivity contribution in [2.45, 2.75) is 45.6 Å². The molecule has 0 spiro atoms. The van der Waals surface area contributed by atoms with Crippen molar-refractivity contribution in [1.82, 2.24) is 10.2 Å². The van der Waals surface area contributed by atoms with Crippen LogP contribution in [0.15, 0.2) is 0 Å². The fourth-order valence-electron chi connectivity index (χ4n) is 2.59. The first-order valence-electron chi connectivity index (χ1n) is 6.43. The summed E-state index contributed by atoms with van der Waals surface area (Å²) in [5, 5.41) is 3.23. The summed E-state index contributed by atoms with van der Waals surface area (Å²) < 4.78 is 0. The number of carbonyl (C=O) groups excluding carboxylic acids is 2. The number of carbonyl (C=O) groups is 2. The third-order valence-electron chi connectivity index (χ3n) is 3.80. The third kappa shape index (κ3) is 2.86. The van der Waals surface area contributed by atoms with Crippen LogP contribution in [0.4, 0.5) is 0 Å². The number of likely N-dealkylation sites (N-methyl/N-ethyl adjacent to an activating group) is 1. The summed E-state index contributed by atoms with van der Waals surface area (Å²) in [6.07, 6.45) is 3.40. The first-order chi connectivity index (χ1) is 7.93. The molecule has 0 aromatic carbocycles. The van der Waals surface area contributed by atoms with Crippen molar-refractivity contribution in [3.63, 3.8) is 0 Å². The molecule has 1 aliphatic carbocycles. The van der Waals surface area contributed by atoms with Crippen LogP contribution in [0.5, 0.6) is 0 Å². The molecule has 4 heteroatoms. The Balaban J connectivity index is 2.00. The molecule has 1 saturated heterocycles. The number of nitrogens with zero attached hydrogens (tertiary/aromatic N) is 1. The molecule has 0 aromatic heterocycles. The van der Waals surface area contributed by atoms with Gasteiger partial charge in [0.1, 0.15) is 0 Å². The Morgan fingerprint density at radius 1 is 1.29 bits per heavy atom. The van der Waals surface area contributed by atoms with Crippen LogP contribution in [-0.4, -0.2) is 36.3 Å². The van der Waals surface area contributed by atoms with E-state index in [4.69, 9.17) is 0 Å². The Kier molecular flexibility index (Phi) is 3.25. The van der Waals surface area contributed by atoms with E-state index in [0.29, 0.717) is 25.3 Å². The zero-order valence-electron chi connectivity index (χ0n) is 11.0. The number of rotatable bonds is 4. The van der Waals surface area contributed by atoms with E-state index in [2.05, 4.69) is 5.32 Å². The zero-order chi connectivity index (χ0) is 12.6. The largest absolute Gasteiger partial charge is 0.315 e. The second-order valence-electron chi connectivity index (χ2n) is 6.15. The van der Waals surface area contributed by atoms with Crippen LogP contribution in [0.2, 0.25) is 0 Å². The summed E-state index contributed by atoms with van der Waals surface area (Å²) in [4.78, 5) is 25.4. The molecule has 0 bridgehead atoms. The van der Waals surface area contributed by atoms with Gasteiger partial charge in [-0.15, -0.1) is 0 Å². The minimum absolute atomic E-state index is 0.00727. The SMILES string of the molecule is CNC(CN1C(=O)CC(C)(C)CC1=O)C1CC1. The number of piperidine rings is 1. The molecule has 0 radical (unpaired) electrons. The van der Waals surface area contributed by atoms with Crippen molar-refractivity contribution in [2.24, 2.45) is 11.3 Å². The van der Waals surface area contributed by atoms with Gasteiger partial charge in [-0.1, -0.05) is 13.8 Å². The highest BCUT2D eigenvalue weighted by Crippen LogP contribution is 2.35. The topological polar surface area (TPSA) is 49.4 Å². The quantitative estimate of drug-likeness (QED) is 0.748. The van der Waals surface area contributed by atoms with E-state index >= 15 is 0 Å². The first-order valence-corrected chi connectivity index (χ1v) is 6.43. The maximum absolute atomic E-state index is 12.0. The van der Waals surface area contributed by atoms with E-state index in [-0.39, 0.29) is 23.3 Å². The van der Waals surface area contributed by atoms with Gasteiger partial charge in [-0.2, -0.15) is 0 Å². The predicted octanol–water partition coefficient (Wildman–Crippen LogP) is 1.16. The lowest BCUT2D eigenvalue weighted by Crippen LogP contribution is -2.51. The Labute approximate surface area is 103 Å². The molecule has 17 heavy (non-hydrogen) atoms. The van der Waals surface area contributed by atoms with Crippen molar-refractivity contribution in [1.29, 1.82) is 0 Å². The fourth-order valence-corrected chi connectivity index (χ4v) is 2.59. The van der Waals surface area contributed by atoms with E-state index in [1.165, 1.54) is 17.7 Å². The van der Waals surface area contributed by atoms with Crippen LogP contribution in [0, 0.1) is 11.3 Å². The molecule has 1 unspecified atom stereocenters. The summed E-state index contributed by atoms with van der Waals surface area (Å²) >= 11 is 0. The first kappa shape index (κ1) is 12.6. The smallest absolute Gasteiger partial charge is 0.229 e. The van der Waals surface area contributed by atoms with Crippen molar-refractivity contribution >= 4 is 11.8 Å². The van der Waals surface area contributed by atoms with Crippen LogP contribution < -0.4 is 5.32 Å². The Morgan fingerprint density at radius 2 is 1.82 bits per heavy atom. The molecule has 2 amide bonds. The Morgan fingerprint density at radius 3 is 2.24 bits per heavy atom. The van der Waals surface area contributed by atoms with Crippen molar-refractivity contribution in [2.75, 3.05) is 13.6 Å². The lowest BCUT2D eigenvalue weighted by Gasteiger charge is -2.36. The van der Waals surface area contributed by atoms with Gasteiger partial charge >= 0.3 is 0 Å². The minimum atomic E-state index is -0.167. The lowest BCUT2D eigenvalue weighted by atomic mass is 9.81. The maximum atomic E-state index is 12.0. The molecule has 2 aliphatic rings. The normalized spacial score (nSPS) is 26.2. The molecule has 2 fully saturated rings. The summed E-state index contributed by atoms with van der Waals surface area (Å²) in [6.45, 7) is 4.52. The average Bonchev–Trinajstić information content (AvgIpc) is 2.99. The zero-order valence-corrected chi connectivity index (χ0v) is 11.0. The van der Waals surface area contributed by atoms with E-state index in [9.17, 15) is 9.59 Å². The van der Waals surface area contributed by atoms with Crippen LogP contribution >= 0.6 is 0 Å². The third-order valence-corrected chi connectivity index (χ3v) is 3.80. The molecule has 1 N–H and O–H groups in total. The van der Waals surface area contributed by atoms with Crippen molar-refractivity contribution in [3.05, 3.63) is 0 Å². The number of nitrogens with one attached hydrogen (secondary N) is 1. The number of hydrogen-bond acceptors (Lipinski definition) is 3. The highest BCUT2D eigenvalue weighted by atomic mass is 16.2. The Hall–Kier alpha value is -0.900. The Bertz CT molecular complexity index is 314. The number of likely N-dealkylation sites (tertiary alicyclic amines) is 1. The fraction of sp³-hybridized carbons (Fsp3) is 0.846. The second-order valence-corrected chi connectivity index (χ2v) is 6.15.